The number of ether oxygens (including phenoxy) is 1. The summed E-state index contributed by atoms with van der Waals surface area (Å²) in [6.45, 7) is 5.49. The van der Waals surface area contributed by atoms with Crippen LogP contribution in [0.2, 0.25) is 5.02 Å². The largest absolute Gasteiger partial charge is 0.462 e. The molecule has 1 aromatic heterocycles. The molecule has 1 unspecified atom stereocenters. The maximum absolute atomic E-state index is 13.6. The zero-order chi connectivity index (χ0) is 23.6. The molecule has 1 N–H and O–H groups in total. The van der Waals surface area contributed by atoms with Crippen molar-refractivity contribution in [2.75, 3.05) is 25.0 Å². The number of nitrogens with zero attached hydrogens (tertiary/aromatic N) is 2. The van der Waals surface area contributed by atoms with Crippen molar-refractivity contribution in [3.05, 3.63) is 46.2 Å². The summed E-state index contributed by atoms with van der Waals surface area (Å²) in [5, 5.41) is 3.38. The van der Waals surface area contributed by atoms with E-state index in [-0.39, 0.29) is 36.1 Å². The fourth-order valence-corrected chi connectivity index (χ4v) is 6.09. The number of aromatic nitrogens is 1. The lowest BCUT2D eigenvalue weighted by molar-refractivity contribution is -0.120. The Morgan fingerprint density at radius 2 is 1.84 bits per heavy atom. The van der Waals surface area contributed by atoms with Crippen LogP contribution in [0.5, 0.6) is 0 Å². The number of anilines is 1. The molecule has 8 nitrogen and oxygen atoms in total. The third kappa shape index (κ3) is 4.69. The van der Waals surface area contributed by atoms with Crippen LogP contribution in [0.4, 0.5) is 5.69 Å². The molecule has 2 heterocycles. The maximum atomic E-state index is 13.6. The Labute approximate surface area is 193 Å². The van der Waals surface area contributed by atoms with Crippen LogP contribution in [0.15, 0.2) is 29.2 Å². The van der Waals surface area contributed by atoms with Gasteiger partial charge in [0.2, 0.25) is 15.9 Å². The Balaban J connectivity index is 1.87. The molecule has 1 fully saturated rings. The molecule has 174 valence electrons. The highest BCUT2D eigenvalue weighted by atomic mass is 35.5. The number of esters is 1. The average molecular weight is 482 g/mol. The number of rotatable bonds is 6. The van der Waals surface area contributed by atoms with Gasteiger partial charge < -0.3 is 14.6 Å². The molecule has 0 saturated carbocycles. The first-order chi connectivity index (χ1) is 15.1. The molecule has 1 aliphatic heterocycles. The number of hydrogen-bond donors (Lipinski definition) is 1. The van der Waals surface area contributed by atoms with E-state index in [1.807, 2.05) is 0 Å². The minimum atomic E-state index is -4.02. The van der Waals surface area contributed by atoms with Gasteiger partial charge in [0, 0.05) is 42.2 Å². The molecule has 0 bridgehead atoms. The normalized spacial score (nSPS) is 17.2. The molecule has 3 rings (SSSR count). The van der Waals surface area contributed by atoms with Crippen molar-refractivity contribution in [3.8, 4) is 0 Å². The van der Waals surface area contributed by atoms with E-state index in [2.05, 4.69) is 5.32 Å². The molecule has 1 aromatic carbocycles. The molecule has 0 spiro atoms. The number of carbonyl (C=O) groups excluding carboxylic acids is 2. The number of amides is 1. The lowest BCUT2D eigenvalue weighted by atomic mass is 9.99. The first-order valence-corrected chi connectivity index (χ1v) is 12.3. The van der Waals surface area contributed by atoms with Crippen LogP contribution < -0.4 is 5.32 Å². The van der Waals surface area contributed by atoms with Gasteiger partial charge in [0.05, 0.1) is 12.5 Å². The number of hydrogen-bond acceptors (Lipinski definition) is 5. The minimum absolute atomic E-state index is 0.0391. The first-order valence-electron chi connectivity index (χ1n) is 10.5. The monoisotopic (exact) mass is 481 g/mol. The van der Waals surface area contributed by atoms with E-state index in [1.54, 1.807) is 56.7 Å². The lowest BCUT2D eigenvalue weighted by Gasteiger charge is -2.31. The molecule has 32 heavy (non-hydrogen) atoms. The molecule has 0 aliphatic carbocycles. The summed E-state index contributed by atoms with van der Waals surface area (Å²) in [6.07, 6.45) is 1.11. The third-order valence-electron chi connectivity index (χ3n) is 5.87. The molecule has 1 aliphatic rings. The van der Waals surface area contributed by atoms with Crippen LogP contribution >= 0.6 is 11.6 Å². The van der Waals surface area contributed by atoms with Gasteiger partial charge in [0.1, 0.15) is 10.5 Å². The van der Waals surface area contributed by atoms with Crippen molar-refractivity contribution >= 4 is 39.2 Å². The Kier molecular flexibility index (Phi) is 7.32. The van der Waals surface area contributed by atoms with Gasteiger partial charge in [-0.2, -0.15) is 4.31 Å². The van der Waals surface area contributed by atoms with Crippen molar-refractivity contribution in [1.29, 1.82) is 0 Å². The predicted molar refractivity (Wildman–Crippen MR) is 122 cm³/mol. The van der Waals surface area contributed by atoms with E-state index >= 15 is 0 Å². The van der Waals surface area contributed by atoms with E-state index in [0.717, 1.165) is 0 Å². The molecular formula is C22H28ClN3O5S. The summed E-state index contributed by atoms with van der Waals surface area (Å²) in [4.78, 5) is 25.3. The fourth-order valence-electron chi connectivity index (χ4n) is 3.96. The maximum Gasteiger partial charge on any atom is 0.341 e. The van der Waals surface area contributed by atoms with Gasteiger partial charge in [0.25, 0.3) is 0 Å². The van der Waals surface area contributed by atoms with Crippen LogP contribution in [-0.4, -0.2) is 48.9 Å². The Morgan fingerprint density at radius 1 is 1.19 bits per heavy atom. The Bertz CT molecular complexity index is 1130. The minimum Gasteiger partial charge on any atom is -0.462 e. The fraction of sp³-hybridized carbons (Fsp3) is 0.455. The quantitative estimate of drug-likeness (QED) is 0.636. The van der Waals surface area contributed by atoms with Crippen molar-refractivity contribution in [2.24, 2.45) is 13.0 Å². The summed E-state index contributed by atoms with van der Waals surface area (Å²) in [7, 11) is -2.31. The van der Waals surface area contributed by atoms with Crippen LogP contribution in [0, 0.1) is 19.8 Å². The van der Waals surface area contributed by atoms with E-state index in [4.69, 9.17) is 16.3 Å². The van der Waals surface area contributed by atoms with Crippen LogP contribution in [0.25, 0.3) is 0 Å². The number of nitrogens with one attached hydrogen (secondary N) is 1. The lowest BCUT2D eigenvalue weighted by Crippen LogP contribution is -2.44. The number of benzene rings is 1. The zero-order valence-electron chi connectivity index (χ0n) is 18.6. The summed E-state index contributed by atoms with van der Waals surface area (Å²) >= 11 is 5.88. The molecule has 0 radical (unpaired) electrons. The van der Waals surface area contributed by atoms with Crippen LogP contribution in [0.3, 0.4) is 0 Å². The summed E-state index contributed by atoms with van der Waals surface area (Å²) in [6, 6.07) is 6.73. The van der Waals surface area contributed by atoms with E-state index in [1.165, 1.54) is 4.31 Å². The van der Waals surface area contributed by atoms with Gasteiger partial charge in [-0.15, -0.1) is 0 Å². The van der Waals surface area contributed by atoms with Gasteiger partial charge in [-0.25, -0.2) is 13.2 Å². The highest BCUT2D eigenvalue weighted by Crippen LogP contribution is 2.32. The molecule has 2 aromatic rings. The average Bonchev–Trinajstić information content (AvgIpc) is 3.00. The van der Waals surface area contributed by atoms with Gasteiger partial charge in [-0.3, -0.25) is 4.79 Å². The van der Waals surface area contributed by atoms with Crippen molar-refractivity contribution in [2.45, 2.75) is 38.5 Å². The number of piperidine rings is 1. The molecular weight excluding hydrogens is 454 g/mol. The second kappa shape index (κ2) is 9.64. The summed E-state index contributed by atoms with van der Waals surface area (Å²) < 4.78 is 35.3. The molecule has 10 heteroatoms. The second-order valence-corrected chi connectivity index (χ2v) is 10.2. The SMILES string of the molecule is CCOC(=O)c1c(S(=O)(=O)N2CCCC(C(=O)Nc3ccc(Cl)cc3)C2)c(C)n(C)c1C. The van der Waals surface area contributed by atoms with E-state index in [9.17, 15) is 18.0 Å². The van der Waals surface area contributed by atoms with Gasteiger partial charge in [-0.1, -0.05) is 11.6 Å². The standard InChI is InChI=1S/C22H28ClN3O5S/c1-5-31-22(28)19-14(2)25(4)15(3)20(19)32(29,30)26-12-6-7-16(13-26)21(27)24-18-10-8-17(23)9-11-18/h8-11,16H,5-7,12-13H2,1-4H3,(H,24,27). The van der Waals surface area contributed by atoms with E-state index in [0.29, 0.717) is 34.9 Å². The molecule has 1 amide bonds. The number of sulfonamides is 1. The molecule has 1 saturated heterocycles. The van der Waals surface area contributed by atoms with Crippen molar-refractivity contribution in [1.82, 2.24) is 8.87 Å². The number of halogens is 1. The van der Waals surface area contributed by atoms with Gasteiger partial charge >= 0.3 is 5.97 Å². The molecule has 1 atom stereocenters. The Morgan fingerprint density at radius 3 is 2.47 bits per heavy atom. The predicted octanol–water partition coefficient (Wildman–Crippen LogP) is 3.51. The zero-order valence-corrected chi connectivity index (χ0v) is 20.2. The third-order valence-corrected chi connectivity index (χ3v) is 8.15. The highest BCUT2D eigenvalue weighted by Gasteiger charge is 2.39. The smallest absolute Gasteiger partial charge is 0.341 e. The first kappa shape index (κ1) is 24.3. The van der Waals surface area contributed by atoms with Crippen molar-refractivity contribution in [3.63, 3.8) is 0 Å². The number of carbonyl (C=O) groups is 2. The highest BCUT2D eigenvalue weighted by molar-refractivity contribution is 7.89. The van der Waals surface area contributed by atoms with Crippen LogP contribution in [-0.2, 0) is 26.6 Å². The summed E-state index contributed by atoms with van der Waals surface area (Å²) in [5.74, 6) is -1.43. The Hall–Kier alpha value is -2.36. The van der Waals surface area contributed by atoms with E-state index < -0.39 is 21.9 Å². The van der Waals surface area contributed by atoms with Crippen LogP contribution in [0.1, 0.15) is 41.5 Å². The topological polar surface area (TPSA) is 97.7 Å². The summed E-state index contributed by atoms with van der Waals surface area (Å²) in [5.41, 5.74) is 1.63. The van der Waals surface area contributed by atoms with Gasteiger partial charge in [0.15, 0.2) is 0 Å². The van der Waals surface area contributed by atoms with Crippen molar-refractivity contribution < 1.29 is 22.7 Å². The second-order valence-electron chi connectivity index (χ2n) is 7.85. The van der Waals surface area contributed by atoms with Gasteiger partial charge in [-0.05, 0) is 57.9 Å².